The molecule has 0 bridgehead atoms. The molecule has 0 saturated carbocycles. The molecule has 0 aromatic heterocycles. The Balaban J connectivity index is 1.66. The Morgan fingerprint density at radius 3 is 2.19 bits per heavy atom. The topological polar surface area (TPSA) is 98.7 Å². The fourth-order valence-electron chi connectivity index (χ4n) is 3.08. The molecule has 1 atom stereocenters. The molecule has 27 heavy (non-hydrogen) atoms. The van der Waals surface area contributed by atoms with Crippen LogP contribution in [0.3, 0.4) is 0 Å². The van der Waals surface area contributed by atoms with Crippen LogP contribution in [0, 0.1) is 6.92 Å². The molecule has 1 heterocycles. The second kappa shape index (κ2) is 8.08. The number of carbonyl (C=O) groups excluding carboxylic acids is 1. The summed E-state index contributed by atoms with van der Waals surface area (Å²) in [6.07, 6.45) is 1.40. The van der Waals surface area contributed by atoms with E-state index in [1.807, 2.05) is 19.1 Å². The lowest BCUT2D eigenvalue weighted by Gasteiger charge is -2.22. The van der Waals surface area contributed by atoms with Crippen LogP contribution < -0.4 is 10.6 Å². The van der Waals surface area contributed by atoms with E-state index in [0.29, 0.717) is 24.3 Å². The monoisotopic (exact) mass is 389 g/mol. The number of aliphatic hydroxyl groups is 1. The average molecular weight is 389 g/mol. The highest BCUT2D eigenvalue weighted by atomic mass is 32.2. The third-order valence-electron chi connectivity index (χ3n) is 4.56. The Morgan fingerprint density at radius 2 is 1.63 bits per heavy atom. The smallest absolute Gasteiger partial charge is 0.323 e. The van der Waals surface area contributed by atoms with Crippen molar-refractivity contribution >= 4 is 27.4 Å². The molecule has 0 unspecified atom stereocenters. The fraction of sp³-hybridized carbons (Fsp3) is 0.316. The number of nitrogens with zero attached hydrogens (tertiary/aromatic N) is 1. The number of urea groups is 1. The molecule has 1 aliphatic rings. The molecule has 3 rings (SSSR count). The van der Waals surface area contributed by atoms with E-state index in [9.17, 15) is 18.3 Å². The van der Waals surface area contributed by atoms with Crippen LogP contribution in [0.25, 0.3) is 0 Å². The number of anilines is 2. The van der Waals surface area contributed by atoms with Crippen molar-refractivity contribution in [3.05, 3.63) is 54.1 Å². The summed E-state index contributed by atoms with van der Waals surface area (Å²) in [5.74, 6) is 0. The Morgan fingerprint density at radius 1 is 1.07 bits per heavy atom. The van der Waals surface area contributed by atoms with E-state index >= 15 is 0 Å². The van der Waals surface area contributed by atoms with Crippen LogP contribution >= 0.6 is 0 Å². The summed E-state index contributed by atoms with van der Waals surface area (Å²) in [5, 5.41) is 14.8. The summed E-state index contributed by atoms with van der Waals surface area (Å²) in [5.41, 5.74) is 2.25. The second-order valence-electron chi connectivity index (χ2n) is 6.56. The maximum absolute atomic E-state index is 12.7. The van der Waals surface area contributed by atoms with Crippen LogP contribution in [0.15, 0.2) is 53.4 Å². The SMILES string of the molecule is Cc1ccc(NC(=O)Nc2ccc(S(=O)(=O)N3CCC[C@H]3CO)cc2)cc1. The third kappa shape index (κ3) is 4.47. The lowest BCUT2D eigenvalue weighted by molar-refractivity contribution is 0.213. The number of nitrogens with one attached hydrogen (secondary N) is 2. The van der Waals surface area contributed by atoms with E-state index in [1.165, 1.54) is 16.4 Å². The minimum atomic E-state index is -3.65. The van der Waals surface area contributed by atoms with Crippen molar-refractivity contribution in [1.82, 2.24) is 4.31 Å². The number of hydrogen-bond donors (Lipinski definition) is 3. The molecule has 0 aliphatic carbocycles. The van der Waals surface area contributed by atoms with Gasteiger partial charge in [0, 0.05) is 24.0 Å². The molecular weight excluding hydrogens is 366 g/mol. The first-order chi connectivity index (χ1) is 12.9. The number of rotatable bonds is 5. The number of sulfonamides is 1. The van der Waals surface area contributed by atoms with Crippen molar-refractivity contribution in [3.63, 3.8) is 0 Å². The summed E-state index contributed by atoms with van der Waals surface area (Å²) in [6.45, 7) is 2.19. The van der Waals surface area contributed by atoms with Gasteiger partial charge in [-0.15, -0.1) is 0 Å². The van der Waals surface area contributed by atoms with Gasteiger partial charge in [-0.25, -0.2) is 13.2 Å². The highest BCUT2D eigenvalue weighted by Gasteiger charge is 2.34. The maximum Gasteiger partial charge on any atom is 0.323 e. The summed E-state index contributed by atoms with van der Waals surface area (Å²) in [7, 11) is -3.65. The van der Waals surface area contributed by atoms with Crippen molar-refractivity contribution in [2.75, 3.05) is 23.8 Å². The third-order valence-corrected chi connectivity index (χ3v) is 6.53. The number of hydrogen-bond acceptors (Lipinski definition) is 4. The molecule has 2 aromatic carbocycles. The number of aryl methyl sites for hydroxylation is 1. The first kappa shape index (κ1) is 19.3. The van der Waals surface area contributed by atoms with Crippen LogP contribution in [0.5, 0.6) is 0 Å². The number of benzene rings is 2. The predicted octanol–water partition coefficient (Wildman–Crippen LogP) is 2.78. The molecule has 2 aromatic rings. The Kier molecular flexibility index (Phi) is 5.79. The predicted molar refractivity (Wildman–Crippen MR) is 104 cm³/mol. The van der Waals surface area contributed by atoms with Crippen LogP contribution in [0.2, 0.25) is 0 Å². The number of aliphatic hydroxyl groups excluding tert-OH is 1. The Hall–Kier alpha value is -2.42. The van der Waals surface area contributed by atoms with Crippen LogP contribution in [0.4, 0.5) is 16.2 Å². The summed E-state index contributed by atoms with van der Waals surface area (Å²) in [4.78, 5) is 12.2. The molecule has 7 nitrogen and oxygen atoms in total. The molecule has 0 spiro atoms. The standard InChI is InChI=1S/C19H23N3O4S/c1-14-4-6-15(7-5-14)20-19(24)21-16-8-10-18(11-9-16)27(25,26)22-12-2-3-17(22)13-23/h4-11,17,23H,2-3,12-13H2,1H3,(H2,20,21,24)/t17-/m0/s1. The first-order valence-electron chi connectivity index (χ1n) is 8.77. The zero-order valence-corrected chi connectivity index (χ0v) is 15.9. The average Bonchev–Trinajstić information content (AvgIpc) is 3.14. The second-order valence-corrected chi connectivity index (χ2v) is 8.45. The molecule has 1 aliphatic heterocycles. The van der Waals surface area contributed by atoms with Crippen molar-refractivity contribution in [2.24, 2.45) is 0 Å². The maximum atomic E-state index is 12.7. The molecule has 3 N–H and O–H groups in total. The van der Waals surface area contributed by atoms with Gasteiger partial charge in [0.25, 0.3) is 0 Å². The molecule has 1 fully saturated rings. The quantitative estimate of drug-likeness (QED) is 0.732. The number of carbonyl (C=O) groups is 1. The van der Waals surface area contributed by atoms with Gasteiger partial charge in [-0.3, -0.25) is 0 Å². The summed E-state index contributed by atoms with van der Waals surface area (Å²) >= 11 is 0. The van der Waals surface area contributed by atoms with E-state index < -0.39 is 16.1 Å². The van der Waals surface area contributed by atoms with Crippen LogP contribution in [0.1, 0.15) is 18.4 Å². The van der Waals surface area contributed by atoms with Gasteiger partial charge in [-0.2, -0.15) is 4.31 Å². The van der Waals surface area contributed by atoms with Gasteiger partial charge in [-0.1, -0.05) is 17.7 Å². The molecule has 2 amide bonds. The number of amides is 2. The Bertz CT molecular complexity index is 896. The molecule has 144 valence electrons. The van der Waals surface area contributed by atoms with E-state index in [4.69, 9.17) is 0 Å². The minimum Gasteiger partial charge on any atom is -0.395 e. The lowest BCUT2D eigenvalue weighted by Crippen LogP contribution is -2.37. The lowest BCUT2D eigenvalue weighted by atomic mass is 10.2. The zero-order chi connectivity index (χ0) is 19.4. The van der Waals surface area contributed by atoms with Gasteiger partial charge in [0.15, 0.2) is 0 Å². The summed E-state index contributed by atoms with van der Waals surface area (Å²) < 4.78 is 26.8. The normalized spacial score (nSPS) is 17.6. The van der Waals surface area contributed by atoms with E-state index in [1.54, 1.807) is 24.3 Å². The van der Waals surface area contributed by atoms with Gasteiger partial charge in [0.05, 0.1) is 11.5 Å². The molecular formula is C19H23N3O4S. The highest BCUT2D eigenvalue weighted by Crippen LogP contribution is 2.26. The largest absolute Gasteiger partial charge is 0.395 e. The van der Waals surface area contributed by atoms with Gasteiger partial charge in [-0.05, 0) is 56.2 Å². The minimum absolute atomic E-state index is 0.146. The molecule has 8 heteroatoms. The Labute approximate surface area is 159 Å². The van der Waals surface area contributed by atoms with Crippen molar-refractivity contribution in [1.29, 1.82) is 0 Å². The fourth-order valence-corrected chi connectivity index (χ4v) is 4.77. The van der Waals surface area contributed by atoms with Crippen LogP contribution in [-0.2, 0) is 10.0 Å². The van der Waals surface area contributed by atoms with E-state index in [-0.39, 0.29) is 17.5 Å². The van der Waals surface area contributed by atoms with E-state index in [2.05, 4.69) is 10.6 Å². The molecule has 0 radical (unpaired) electrons. The molecule has 1 saturated heterocycles. The van der Waals surface area contributed by atoms with Crippen molar-refractivity contribution in [3.8, 4) is 0 Å². The van der Waals surface area contributed by atoms with E-state index in [0.717, 1.165) is 12.0 Å². The van der Waals surface area contributed by atoms with Crippen molar-refractivity contribution < 1.29 is 18.3 Å². The van der Waals surface area contributed by atoms with Gasteiger partial charge >= 0.3 is 6.03 Å². The first-order valence-corrected chi connectivity index (χ1v) is 10.2. The van der Waals surface area contributed by atoms with Crippen molar-refractivity contribution in [2.45, 2.75) is 30.7 Å². The summed E-state index contributed by atoms with van der Waals surface area (Å²) in [6, 6.07) is 12.6. The van der Waals surface area contributed by atoms with Gasteiger partial charge in [0.1, 0.15) is 0 Å². The zero-order valence-electron chi connectivity index (χ0n) is 15.1. The van der Waals surface area contributed by atoms with Crippen LogP contribution in [-0.4, -0.2) is 43.1 Å². The highest BCUT2D eigenvalue weighted by molar-refractivity contribution is 7.89. The van der Waals surface area contributed by atoms with Gasteiger partial charge in [0.2, 0.25) is 10.0 Å². The van der Waals surface area contributed by atoms with Gasteiger partial charge < -0.3 is 15.7 Å².